The van der Waals surface area contributed by atoms with E-state index >= 15 is 0 Å². The van der Waals surface area contributed by atoms with Crippen molar-refractivity contribution in [3.63, 3.8) is 0 Å². The van der Waals surface area contributed by atoms with Crippen molar-refractivity contribution in [3.05, 3.63) is 0 Å². The van der Waals surface area contributed by atoms with E-state index in [4.69, 9.17) is 10.5 Å². The summed E-state index contributed by atoms with van der Waals surface area (Å²) in [5.74, 6) is 0. The quantitative estimate of drug-likeness (QED) is 0.614. The largest absolute Gasteiger partial charge is 0.379 e. The third-order valence-electron chi connectivity index (χ3n) is 2.26. The van der Waals surface area contributed by atoms with Gasteiger partial charge < -0.3 is 15.4 Å². The molecule has 2 N–H and O–H groups in total. The van der Waals surface area contributed by atoms with Crippen molar-refractivity contribution in [2.45, 2.75) is 25.0 Å². The highest BCUT2D eigenvalue weighted by atomic mass is 16.5. The molecular formula is C8H18N2O. The van der Waals surface area contributed by atoms with Crippen molar-refractivity contribution in [1.29, 1.82) is 0 Å². The first kappa shape index (κ1) is 8.97. The number of nitrogens with zero attached hydrogens (tertiary/aromatic N) is 1. The summed E-state index contributed by atoms with van der Waals surface area (Å²) in [6, 6.07) is 0.805. The Labute approximate surface area is 68.5 Å². The molecule has 0 aromatic carbocycles. The maximum absolute atomic E-state index is 5.50. The molecule has 0 aromatic rings. The molecule has 11 heavy (non-hydrogen) atoms. The Bertz CT molecular complexity index is 111. The Kier molecular flexibility index (Phi) is 3.30. The van der Waals surface area contributed by atoms with Gasteiger partial charge >= 0.3 is 0 Å². The van der Waals surface area contributed by atoms with E-state index in [1.165, 1.54) is 12.8 Å². The van der Waals surface area contributed by atoms with E-state index < -0.39 is 0 Å². The number of hydrogen-bond donors (Lipinski definition) is 1. The molecule has 0 bridgehead atoms. The Hall–Kier alpha value is -0.120. The van der Waals surface area contributed by atoms with E-state index in [1.807, 2.05) is 0 Å². The fourth-order valence-electron chi connectivity index (χ4n) is 1.23. The zero-order valence-corrected chi connectivity index (χ0v) is 7.42. The normalized spacial score (nSPS) is 20.7. The van der Waals surface area contributed by atoms with E-state index in [0.717, 1.165) is 12.6 Å². The molecule has 0 aromatic heterocycles. The van der Waals surface area contributed by atoms with Crippen molar-refractivity contribution in [2.75, 3.05) is 27.2 Å². The van der Waals surface area contributed by atoms with Crippen LogP contribution in [0.25, 0.3) is 0 Å². The Morgan fingerprint density at radius 3 is 2.64 bits per heavy atom. The van der Waals surface area contributed by atoms with Crippen LogP contribution in [-0.2, 0) is 4.74 Å². The summed E-state index contributed by atoms with van der Waals surface area (Å²) in [7, 11) is 3.86. The Morgan fingerprint density at radius 1 is 1.64 bits per heavy atom. The van der Waals surface area contributed by atoms with E-state index in [1.54, 1.807) is 7.11 Å². The summed E-state index contributed by atoms with van der Waals surface area (Å²) in [5, 5.41) is 0. The molecule has 66 valence electrons. The summed E-state index contributed by atoms with van der Waals surface area (Å²) in [4.78, 5) is 2.33. The standard InChI is InChI=1S/C8H18N2O/c1-10(7-3-4-7)6-8(5-9)11-2/h7-8H,3-6,9H2,1-2H3. The maximum atomic E-state index is 5.50. The second kappa shape index (κ2) is 4.04. The average Bonchev–Trinajstić information content (AvgIpc) is 2.81. The molecule has 3 heteroatoms. The van der Waals surface area contributed by atoms with Gasteiger partial charge in [-0.25, -0.2) is 0 Å². The number of likely N-dealkylation sites (N-methyl/N-ethyl adjacent to an activating group) is 1. The lowest BCUT2D eigenvalue weighted by molar-refractivity contribution is 0.0760. The van der Waals surface area contributed by atoms with Crippen molar-refractivity contribution in [1.82, 2.24) is 4.90 Å². The second-order valence-corrected chi connectivity index (χ2v) is 3.26. The zero-order chi connectivity index (χ0) is 8.27. The lowest BCUT2D eigenvalue weighted by Gasteiger charge is -2.21. The third-order valence-corrected chi connectivity index (χ3v) is 2.26. The highest BCUT2D eigenvalue weighted by Gasteiger charge is 2.27. The molecule has 3 nitrogen and oxygen atoms in total. The molecule has 0 radical (unpaired) electrons. The summed E-state index contributed by atoms with van der Waals surface area (Å²) < 4.78 is 5.18. The van der Waals surface area contributed by atoms with Crippen LogP contribution in [0.15, 0.2) is 0 Å². The molecule has 1 aliphatic carbocycles. The molecule has 1 fully saturated rings. The van der Waals surface area contributed by atoms with Gasteiger partial charge in [0.25, 0.3) is 0 Å². The molecular weight excluding hydrogens is 140 g/mol. The first-order chi connectivity index (χ1) is 5.27. The van der Waals surface area contributed by atoms with Gasteiger partial charge in [-0.05, 0) is 19.9 Å². The molecule has 1 saturated carbocycles. The monoisotopic (exact) mass is 158 g/mol. The fraction of sp³-hybridized carbons (Fsp3) is 1.00. The lowest BCUT2D eigenvalue weighted by atomic mass is 10.3. The van der Waals surface area contributed by atoms with Crippen molar-refractivity contribution in [2.24, 2.45) is 5.73 Å². The molecule has 1 rings (SSSR count). The predicted octanol–water partition coefficient (Wildman–Crippen LogP) is 0.0543. The van der Waals surface area contributed by atoms with Crippen LogP contribution in [0.5, 0.6) is 0 Å². The van der Waals surface area contributed by atoms with Gasteiger partial charge in [-0.1, -0.05) is 0 Å². The van der Waals surface area contributed by atoms with Gasteiger partial charge in [0.2, 0.25) is 0 Å². The van der Waals surface area contributed by atoms with Crippen LogP contribution in [0, 0.1) is 0 Å². The molecule has 1 unspecified atom stereocenters. The van der Waals surface area contributed by atoms with Crippen LogP contribution in [-0.4, -0.2) is 44.3 Å². The number of nitrogens with two attached hydrogens (primary N) is 1. The van der Waals surface area contributed by atoms with Crippen LogP contribution in [0.3, 0.4) is 0 Å². The molecule has 1 atom stereocenters. The van der Waals surface area contributed by atoms with Crippen molar-refractivity contribution < 1.29 is 4.74 Å². The van der Waals surface area contributed by atoms with E-state index in [9.17, 15) is 0 Å². The number of ether oxygens (including phenoxy) is 1. The van der Waals surface area contributed by atoms with Crippen LogP contribution in [0.2, 0.25) is 0 Å². The smallest absolute Gasteiger partial charge is 0.0820 e. The molecule has 0 amide bonds. The predicted molar refractivity (Wildman–Crippen MR) is 45.5 cm³/mol. The minimum Gasteiger partial charge on any atom is -0.379 e. The van der Waals surface area contributed by atoms with E-state index in [-0.39, 0.29) is 6.10 Å². The first-order valence-electron chi connectivity index (χ1n) is 4.21. The molecule has 0 spiro atoms. The minimum absolute atomic E-state index is 0.209. The van der Waals surface area contributed by atoms with Gasteiger partial charge in [-0.2, -0.15) is 0 Å². The summed E-state index contributed by atoms with van der Waals surface area (Å²) >= 11 is 0. The highest BCUT2D eigenvalue weighted by molar-refractivity contribution is 4.83. The number of rotatable bonds is 5. The van der Waals surface area contributed by atoms with Crippen LogP contribution < -0.4 is 5.73 Å². The molecule has 1 aliphatic rings. The van der Waals surface area contributed by atoms with E-state index in [0.29, 0.717) is 6.54 Å². The summed E-state index contributed by atoms with van der Waals surface area (Å²) in [6.07, 6.45) is 2.90. The molecule has 0 heterocycles. The van der Waals surface area contributed by atoms with Gasteiger partial charge in [0.05, 0.1) is 6.10 Å². The van der Waals surface area contributed by atoms with Crippen LogP contribution in [0.4, 0.5) is 0 Å². The Balaban J connectivity index is 2.15. The third kappa shape index (κ3) is 2.77. The van der Waals surface area contributed by atoms with Gasteiger partial charge in [0.15, 0.2) is 0 Å². The molecule has 0 saturated heterocycles. The van der Waals surface area contributed by atoms with Crippen molar-refractivity contribution in [3.8, 4) is 0 Å². The van der Waals surface area contributed by atoms with Gasteiger partial charge in [-0.15, -0.1) is 0 Å². The number of hydrogen-bond acceptors (Lipinski definition) is 3. The highest BCUT2D eigenvalue weighted by Crippen LogP contribution is 2.25. The minimum atomic E-state index is 0.209. The van der Waals surface area contributed by atoms with E-state index in [2.05, 4.69) is 11.9 Å². The lowest BCUT2D eigenvalue weighted by Crippen LogP contribution is -2.36. The van der Waals surface area contributed by atoms with Gasteiger partial charge in [0.1, 0.15) is 0 Å². The average molecular weight is 158 g/mol. The zero-order valence-electron chi connectivity index (χ0n) is 7.42. The SMILES string of the molecule is COC(CN)CN(C)C1CC1. The van der Waals surface area contributed by atoms with Crippen molar-refractivity contribution >= 4 is 0 Å². The first-order valence-corrected chi connectivity index (χ1v) is 4.21. The number of methoxy groups -OCH3 is 1. The fourth-order valence-corrected chi connectivity index (χ4v) is 1.23. The summed E-state index contributed by atoms with van der Waals surface area (Å²) in [5.41, 5.74) is 5.50. The molecule has 0 aliphatic heterocycles. The Morgan fingerprint density at radius 2 is 2.27 bits per heavy atom. The second-order valence-electron chi connectivity index (χ2n) is 3.26. The topological polar surface area (TPSA) is 38.5 Å². The van der Waals surface area contributed by atoms with Gasteiger partial charge in [-0.3, -0.25) is 0 Å². The maximum Gasteiger partial charge on any atom is 0.0820 e. The van der Waals surface area contributed by atoms with Crippen LogP contribution >= 0.6 is 0 Å². The van der Waals surface area contributed by atoms with Crippen LogP contribution in [0.1, 0.15) is 12.8 Å². The van der Waals surface area contributed by atoms with Gasteiger partial charge in [0, 0.05) is 26.2 Å². The summed E-state index contributed by atoms with van der Waals surface area (Å²) in [6.45, 7) is 1.59.